The number of imidazole rings is 1. The molecule has 3 aliphatic rings. The maximum absolute atomic E-state index is 13.7. The fraction of sp³-hybridized carbons (Fsp3) is 0.571. The minimum Gasteiger partial charge on any atom is -0.498 e. The van der Waals surface area contributed by atoms with Gasteiger partial charge in [-0.3, -0.25) is 9.59 Å². The molecule has 3 atom stereocenters. The van der Waals surface area contributed by atoms with E-state index in [4.69, 9.17) is 9.47 Å². The summed E-state index contributed by atoms with van der Waals surface area (Å²) in [5.41, 5.74) is 0.539. The van der Waals surface area contributed by atoms with Gasteiger partial charge < -0.3 is 29.2 Å². The van der Waals surface area contributed by atoms with E-state index in [2.05, 4.69) is 9.97 Å². The van der Waals surface area contributed by atoms with Crippen LogP contribution in [0.25, 0.3) is 11.0 Å². The SMILES string of the molecule is CCCN(C(=O)c1nc2ccccc2[nH]1)C1CC12C[C@@H](C(=O)N1C=COCC1)CN(C(=O)OC(C)(C)C)C2. The Morgan fingerprint density at radius 2 is 2.03 bits per heavy atom. The van der Waals surface area contributed by atoms with E-state index in [0.717, 1.165) is 23.9 Å². The molecule has 2 aliphatic heterocycles. The van der Waals surface area contributed by atoms with Crippen LogP contribution in [0.5, 0.6) is 0 Å². The summed E-state index contributed by atoms with van der Waals surface area (Å²) in [6.07, 6.45) is 4.87. The van der Waals surface area contributed by atoms with Crippen molar-refractivity contribution in [3.8, 4) is 0 Å². The molecule has 1 saturated heterocycles. The second kappa shape index (κ2) is 9.96. The number of carbonyl (C=O) groups excluding carboxylic acids is 3. The Balaban J connectivity index is 1.41. The topological polar surface area (TPSA) is 108 Å². The van der Waals surface area contributed by atoms with E-state index in [1.54, 1.807) is 16.0 Å². The van der Waals surface area contributed by atoms with Gasteiger partial charge in [-0.2, -0.15) is 0 Å². The average molecular weight is 524 g/mol. The minimum absolute atomic E-state index is 0.0338. The molecule has 204 valence electrons. The molecular formula is C28H37N5O5. The number of hydrogen-bond donors (Lipinski definition) is 1. The molecule has 0 radical (unpaired) electrons. The number of nitrogens with one attached hydrogen (secondary N) is 1. The summed E-state index contributed by atoms with van der Waals surface area (Å²) >= 11 is 0. The number of piperidine rings is 1. The zero-order valence-corrected chi connectivity index (χ0v) is 22.6. The monoisotopic (exact) mass is 523 g/mol. The number of para-hydroxylation sites is 2. The highest BCUT2D eigenvalue weighted by Crippen LogP contribution is 2.57. The predicted octanol–water partition coefficient (Wildman–Crippen LogP) is 3.76. The van der Waals surface area contributed by atoms with E-state index in [1.807, 2.05) is 56.9 Å². The van der Waals surface area contributed by atoms with Crippen molar-refractivity contribution in [2.24, 2.45) is 11.3 Å². The molecule has 10 heteroatoms. The molecular weight excluding hydrogens is 486 g/mol. The third-order valence-electron chi connectivity index (χ3n) is 7.51. The van der Waals surface area contributed by atoms with Gasteiger partial charge in [-0.05, 0) is 52.2 Å². The van der Waals surface area contributed by atoms with E-state index in [9.17, 15) is 14.4 Å². The van der Waals surface area contributed by atoms with Gasteiger partial charge in [0.15, 0.2) is 5.82 Å². The molecule has 1 aromatic carbocycles. The molecule has 2 aromatic rings. The quantitative estimate of drug-likeness (QED) is 0.639. The van der Waals surface area contributed by atoms with Gasteiger partial charge in [-0.25, -0.2) is 9.78 Å². The lowest BCUT2D eigenvalue weighted by atomic mass is 9.85. The zero-order valence-electron chi connectivity index (χ0n) is 22.6. The summed E-state index contributed by atoms with van der Waals surface area (Å²) in [6, 6.07) is 7.48. The first-order valence-corrected chi connectivity index (χ1v) is 13.4. The number of benzene rings is 1. The van der Waals surface area contributed by atoms with Crippen molar-refractivity contribution < 1.29 is 23.9 Å². The van der Waals surface area contributed by atoms with Crippen molar-refractivity contribution in [3.05, 3.63) is 42.6 Å². The number of aromatic nitrogens is 2. The average Bonchev–Trinajstić information content (AvgIpc) is 3.37. The summed E-state index contributed by atoms with van der Waals surface area (Å²) in [4.78, 5) is 53.3. The molecule has 2 unspecified atom stereocenters. The van der Waals surface area contributed by atoms with Crippen LogP contribution < -0.4 is 0 Å². The molecule has 10 nitrogen and oxygen atoms in total. The molecule has 1 aromatic heterocycles. The second-order valence-corrected chi connectivity index (χ2v) is 11.6. The largest absolute Gasteiger partial charge is 0.498 e. The van der Waals surface area contributed by atoms with Crippen LogP contribution in [0.1, 0.15) is 57.6 Å². The van der Waals surface area contributed by atoms with Crippen LogP contribution >= 0.6 is 0 Å². The number of nitrogens with zero attached hydrogens (tertiary/aromatic N) is 4. The van der Waals surface area contributed by atoms with Gasteiger partial charge in [-0.15, -0.1) is 0 Å². The maximum Gasteiger partial charge on any atom is 0.410 e. The van der Waals surface area contributed by atoms with E-state index in [1.165, 1.54) is 6.26 Å². The van der Waals surface area contributed by atoms with Gasteiger partial charge in [0.1, 0.15) is 12.2 Å². The van der Waals surface area contributed by atoms with Crippen LogP contribution in [-0.2, 0) is 14.3 Å². The van der Waals surface area contributed by atoms with Crippen LogP contribution in [0.3, 0.4) is 0 Å². The van der Waals surface area contributed by atoms with Crippen molar-refractivity contribution in [2.45, 2.75) is 58.6 Å². The summed E-state index contributed by atoms with van der Waals surface area (Å²) in [7, 11) is 0. The van der Waals surface area contributed by atoms with E-state index < -0.39 is 17.6 Å². The number of aromatic amines is 1. The van der Waals surface area contributed by atoms with Crippen LogP contribution in [0.15, 0.2) is 36.7 Å². The van der Waals surface area contributed by atoms with E-state index >= 15 is 0 Å². The van der Waals surface area contributed by atoms with Gasteiger partial charge in [0.05, 0.1) is 29.8 Å². The van der Waals surface area contributed by atoms with Crippen molar-refractivity contribution in [2.75, 3.05) is 32.8 Å². The summed E-state index contributed by atoms with van der Waals surface area (Å²) in [5, 5.41) is 0. The van der Waals surface area contributed by atoms with Crippen LogP contribution in [0.4, 0.5) is 4.79 Å². The molecule has 5 rings (SSSR count). The molecule has 38 heavy (non-hydrogen) atoms. The number of likely N-dealkylation sites (tertiary alicyclic amines) is 1. The van der Waals surface area contributed by atoms with Crippen molar-refractivity contribution in [1.29, 1.82) is 0 Å². The fourth-order valence-electron chi connectivity index (χ4n) is 5.78. The number of ether oxygens (including phenoxy) is 2. The maximum atomic E-state index is 13.7. The lowest BCUT2D eigenvalue weighted by Crippen LogP contribution is -2.53. The Labute approximate surface area is 222 Å². The fourth-order valence-corrected chi connectivity index (χ4v) is 5.78. The van der Waals surface area contributed by atoms with Gasteiger partial charge in [0.2, 0.25) is 5.91 Å². The Kier molecular flexibility index (Phi) is 6.83. The highest BCUT2D eigenvalue weighted by Gasteiger charge is 2.62. The molecule has 1 N–H and O–H groups in total. The standard InChI is InChI=1S/C28H37N5O5/c1-5-10-33(25(35)23-29-20-8-6-7-9-21(20)30-23)22-16-28(22)15-19(24(34)31-11-13-37-14-12-31)17-32(18-28)26(36)38-27(2,3)4/h6-9,11,13,19,22H,5,10,12,14-18H2,1-4H3,(H,29,30)/t19-,22?,28?/m1/s1. The molecule has 1 saturated carbocycles. The first kappa shape index (κ1) is 26.1. The second-order valence-electron chi connectivity index (χ2n) is 11.6. The number of amides is 3. The number of hydrogen-bond acceptors (Lipinski definition) is 6. The first-order valence-electron chi connectivity index (χ1n) is 13.4. The molecule has 3 amide bonds. The Bertz CT molecular complexity index is 1220. The van der Waals surface area contributed by atoms with Crippen molar-refractivity contribution in [3.63, 3.8) is 0 Å². The molecule has 1 aliphatic carbocycles. The van der Waals surface area contributed by atoms with E-state index in [0.29, 0.717) is 45.0 Å². The lowest BCUT2D eigenvalue weighted by molar-refractivity contribution is -0.136. The molecule has 2 fully saturated rings. The Hall–Kier alpha value is -3.56. The molecule has 1 spiro atoms. The Morgan fingerprint density at radius 1 is 1.24 bits per heavy atom. The smallest absolute Gasteiger partial charge is 0.410 e. The minimum atomic E-state index is -0.650. The normalized spacial score (nSPS) is 24.8. The predicted molar refractivity (Wildman–Crippen MR) is 141 cm³/mol. The summed E-state index contributed by atoms with van der Waals surface area (Å²) in [6.45, 7) is 9.76. The summed E-state index contributed by atoms with van der Waals surface area (Å²) < 4.78 is 11.0. The van der Waals surface area contributed by atoms with Gasteiger partial charge in [0, 0.05) is 37.3 Å². The van der Waals surface area contributed by atoms with E-state index in [-0.39, 0.29) is 23.3 Å². The lowest BCUT2D eigenvalue weighted by Gasteiger charge is -2.41. The van der Waals surface area contributed by atoms with Crippen LogP contribution in [-0.4, -0.2) is 87.0 Å². The van der Waals surface area contributed by atoms with Crippen LogP contribution in [0.2, 0.25) is 0 Å². The first-order chi connectivity index (χ1) is 18.1. The van der Waals surface area contributed by atoms with Crippen molar-refractivity contribution >= 4 is 28.9 Å². The highest BCUT2D eigenvalue weighted by molar-refractivity contribution is 5.94. The third kappa shape index (κ3) is 5.21. The van der Waals surface area contributed by atoms with Crippen LogP contribution in [0, 0.1) is 11.3 Å². The number of carbonyl (C=O) groups is 3. The van der Waals surface area contributed by atoms with Gasteiger partial charge in [-0.1, -0.05) is 19.1 Å². The molecule has 0 bridgehead atoms. The van der Waals surface area contributed by atoms with Gasteiger partial charge in [0.25, 0.3) is 5.91 Å². The number of rotatable bonds is 5. The third-order valence-corrected chi connectivity index (χ3v) is 7.51. The zero-order chi connectivity index (χ0) is 27.1. The number of H-pyrrole nitrogens is 1. The highest BCUT2D eigenvalue weighted by atomic mass is 16.6. The molecule has 3 heterocycles. The number of fused-ring (bicyclic) bond motifs is 1. The summed E-state index contributed by atoms with van der Waals surface area (Å²) in [5.74, 6) is -0.270. The Morgan fingerprint density at radius 3 is 2.71 bits per heavy atom. The van der Waals surface area contributed by atoms with Crippen molar-refractivity contribution in [1.82, 2.24) is 24.7 Å². The van der Waals surface area contributed by atoms with Gasteiger partial charge >= 0.3 is 6.09 Å².